The first-order valence-electron chi connectivity index (χ1n) is 8.33. The van der Waals surface area contributed by atoms with Crippen molar-refractivity contribution in [3.05, 3.63) is 12.2 Å². The number of amides is 1. The highest BCUT2D eigenvalue weighted by Crippen LogP contribution is 2.44. The van der Waals surface area contributed by atoms with E-state index in [4.69, 9.17) is 0 Å². The SMILES string of the molecule is CC1CN(C(=O)CCc2nncn2C)CCC1(O)C1CCC1. The molecule has 1 saturated carbocycles. The van der Waals surface area contributed by atoms with Crippen LogP contribution >= 0.6 is 0 Å². The number of carbonyl (C=O) groups is 1. The number of hydrogen-bond donors (Lipinski definition) is 1. The molecule has 6 nitrogen and oxygen atoms in total. The zero-order chi connectivity index (χ0) is 15.7. The molecular formula is C16H26N4O2. The van der Waals surface area contributed by atoms with Crippen molar-refractivity contribution in [3.63, 3.8) is 0 Å². The molecular weight excluding hydrogens is 280 g/mol. The molecule has 1 saturated heterocycles. The number of aliphatic hydroxyl groups is 1. The van der Waals surface area contributed by atoms with Gasteiger partial charge >= 0.3 is 0 Å². The van der Waals surface area contributed by atoms with Crippen molar-refractivity contribution in [2.24, 2.45) is 18.9 Å². The molecule has 0 bridgehead atoms. The Hall–Kier alpha value is -1.43. The minimum absolute atomic E-state index is 0.158. The Morgan fingerprint density at radius 3 is 2.82 bits per heavy atom. The lowest BCUT2D eigenvalue weighted by molar-refractivity contribution is -0.150. The third-order valence-electron chi connectivity index (χ3n) is 5.66. The van der Waals surface area contributed by atoms with Crippen LogP contribution < -0.4 is 0 Å². The molecule has 1 aliphatic heterocycles. The monoisotopic (exact) mass is 306 g/mol. The van der Waals surface area contributed by atoms with Gasteiger partial charge in [-0.2, -0.15) is 0 Å². The van der Waals surface area contributed by atoms with Crippen molar-refractivity contribution in [2.75, 3.05) is 13.1 Å². The summed E-state index contributed by atoms with van der Waals surface area (Å²) in [6.45, 7) is 3.43. The molecule has 0 radical (unpaired) electrons. The number of hydrogen-bond acceptors (Lipinski definition) is 4. The highest BCUT2D eigenvalue weighted by atomic mass is 16.3. The molecule has 1 amide bonds. The molecule has 0 spiro atoms. The van der Waals surface area contributed by atoms with Crippen molar-refractivity contribution in [1.29, 1.82) is 0 Å². The fourth-order valence-corrected chi connectivity index (χ4v) is 3.79. The zero-order valence-corrected chi connectivity index (χ0v) is 13.5. The highest BCUT2D eigenvalue weighted by Gasteiger charge is 2.47. The summed E-state index contributed by atoms with van der Waals surface area (Å²) in [7, 11) is 1.89. The van der Waals surface area contributed by atoms with Crippen LogP contribution in [0.2, 0.25) is 0 Å². The van der Waals surface area contributed by atoms with Gasteiger partial charge in [-0.15, -0.1) is 10.2 Å². The van der Waals surface area contributed by atoms with Crippen LogP contribution in [0.5, 0.6) is 0 Å². The van der Waals surface area contributed by atoms with Crippen LogP contribution in [0.4, 0.5) is 0 Å². The van der Waals surface area contributed by atoms with E-state index < -0.39 is 5.60 Å². The van der Waals surface area contributed by atoms with Crippen molar-refractivity contribution >= 4 is 5.91 Å². The van der Waals surface area contributed by atoms with Gasteiger partial charge < -0.3 is 14.6 Å². The van der Waals surface area contributed by atoms with Gasteiger partial charge in [0.2, 0.25) is 5.91 Å². The number of aromatic nitrogens is 3. The van der Waals surface area contributed by atoms with Gasteiger partial charge in [-0.25, -0.2) is 0 Å². The first-order chi connectivity index (χ1) is 10.5. The molecule has 2 atom stereocenters. The average molecular weight is 306 g/mol. The van der Waals surface area contributed by atoms with Crippen LogP contribution in [0.15, 0.2) is 6.33 Å². The van der Waals surface area contributed by atoms with Gasteiger partial charge in [0.05, 0.1) is 5.60 Å². The largest absolute Gasteiger partial charge is 0.389 e. The van der Waals surface area contributed by atoms with E-state index in [1.807, 2.05) is 16.5 Å². The van der Waals surface area contributed by atoms with Crippen LogP contribution in [0.25, 0.3) is 0 Å². The average Bonchev–Trinajstić information content (AvgIpc) is 2.83. The van der Waals surface area contributed by atoms with Gasteiger partial charge in [-0.3, -0.25) is 4.79 Å². The topological polar surface area (TPSA) is 71.2 Å². The maximum absolute atomic E-state index is 12.4. The normalized spacial score (nSPS) is 29.4. The summed E-state index contributed by atoms with van der Waals surface area (Å²) in [6.07, 6.45) is 6.96. The molecule has 2 aliphatic rings. The van der Waals surface area contributed by atoms with E-state index in [2.05, 4.69) is 17.1 Å². The zero-order valence-electron chi connectivity index (χ0n) is 13.5. The van der Waals surface area contributed by atoms with Crippen molar-refractivity contribution in [2.45, 2.75) is 51.0 Å². The summed E-state index contributed by atoms with van der Waals surface area (Å²) >= 11 is 0. The maximum atomic E-state index is 12.4. The Labute approximate surface area is 131 Å². The second-order valence-corrected chi connectivity index (χ2v) is 6.97. The number of piperidine rings is 1. The van der Waals surface area contributed by atoms with E-state index in [0.717, 1.165) is 18.7 Å². The van der Waals surface area contributed by atoms with E-state index in [0.29, 0.717) is 38.3 Å². The van der Waals surface area contributed by atoms with Gasteiger partial charge in [0.25, 0.3) is 0 Å². The third-order valence-corrected chi connectivity index (χ3v) is 5.66. The summed E-state index contributed by atoms with van der Waals surface area (Å²) in [5, 5.41) is 18.8. The molecule has 3 rings (SSSR count). The van der Waals surface area contributed by atoms with Crippen LogP contribution in [0.3, 0.4) is 0 Å². The second-order valence-electron chi connectivity index (χ2n) is 6.97. The van der Waals surface area contributed by atoms with Crippen molar-refractivity contribution < 1.29 is 9.90 Å². The summed E-state index contributed by atoms with van der Waals surface area (Å²) in [6, 6.07) is 0. The van der Waals surface area contributed by atoms with E-state index in [1.54, 1.807) is 6.33 Å². The molecule has 0 aromatic carbocycles. The standard InChI is InChI=1S/C16H26N4O2/c1-12-10-20(9-8-16(12,22)13-4-3-5-13)15(21)7-6-14-18-17-11-19(14)2/h11-13,22H,3-10H2,1-2H3. The Morgan fingerprint density at radius 2 is 2.27 bits per heavy atom. The summed E-state index contributed by atoms with van der Waals surface area (Å²) in [5.41, 5.74) is -0.557. The van der Waals surface area contributed by atoms with E-state index in [9.17, 15) is 9.90 Å². The molecule has 122 valence electrons. The Balaban J connectivity index is 1.53. The number of aryl methyl sites for hydroxylation is 2. The lowest BCUT2D eigenvalue weighted by Crippen LogP contribution is -2.57. The molecule has 1 aromatic rings. The Kier molecular flexibility index (Phi) is 4.21. The number of rotatable bonds is 4. The Morgan fingerprint density at radius 1 is 1.50 bits per heavy atom. The van der Waals surface area contributed by atoms with Crippen LogP contribution in [-0.4, -0.2) is 49.4 Å². The smallest absolute Gasteiger partial charge is 0.223 e. The van der Waals surface area contributed by atoms with Crippen LogP contribution in [-0.2, 0) is 18.3 Å². The lowest BCUT2D eigenvalue weighted by atomic mass is 9.65. The van der Waals surface area contributed by atoms with Crippen LogP contribution in [0.1, 0.15) is 44.9 Å². The summed E-state index contributed by atoms with van der Waals surface area (Å²) in [4.78, 5) is 14.3. The second kappa shape index (κ2) is 5.99. The molecule has 22 heavy (non-hydrogen) atoms. The first kappa shape index (κ1) is 15.5. The minimum atomic E-state index is -0.557. The molecule has 2 heterocycles. The van der Waals surface area contributed by atoms with E-state index in [1.165, 1.54) is 6.42 Å². The van der Waals surface area contributed by atoms with Gasteiger partial charge in [0, 0.05) is 38.9 Å². The van der Waals surface area contributed by atoms with Gasteiger partial charge in [0.15, 0.2) is 0 Å². The highest BCUT2D eigenvalue weighted by molar-refractivity contribution is 5.76. The van der Waals surface area contributed by atoms with E-state index >= 15 is 0 Å². The number of nitrogens with zero attached hydrogens (tertiary/aromatic N) is 4. The van der Waals surface area contributed by atoms with Gasteiger partial charge in [0.1, 0.15) is 12.2 Å². The van der Waals surface area contributed by atoms with Crippen molar-refractivity contribution in [3.8, 4) is 0 Å². The molecule has 2 unspecified atom stereocenters. The molecule has 1 N–H and O–H groups in total. The summed E-state index contributed by atoms with van der Waals surface area (Å²) in [5.74, 6) is 1.60. The molecule has 1 aliphatic carbocycles. The fourth-order valence-electron chi connectivity index (χ4n) is 3.79. The summed E-state index contributed by atoms with van der Waals surface area (Å²) < 4.78 is 1.85. The first-order valence-corrected chi connectivity index (χ1v) is 8.33. The lowest BCUT2D eigenvalue weighted by Gasteiger charge is -2.50. The maximum Gasteiger partial charge on any atom is 0.223 e. The van der Waals surface area contributed by atoms with Crippen LogP contribution in [0, 0.1) is 11.8 Å². The van der Waals surface area contributed by atoms with E-state index in [-0.39, 0.29) is 11.8 Å². The van der Waals surface area contributed by atoms with Gasteiger partial charge in [-0.05, 0) is 25.2 Å². The Bertz CT molecular complexity index is 540. The predicted molar refractivity (Wildman–Crippen MR) is 82.0 cm³/mol. The predicted octanol–water partition coefficient (Wildman–Crippen LogP) is 1.15. The third kappa shape index (κ3) is 2.76. The molecule has 1 aromatic heterocycles. The van der Waals surface area contributed by atoms with Crippen molar-refractivity contribution in [1.82, 2.24) is 19.7 Å². The van der Waals surface area contributed by atoms with Gasteiger partial charge in [-0.1, -0.05) is 13.3 Å². The molecule has 2 fully saturated rings. The fraction of sp³-hybridized carbons (Fsp3) is 0.812. The quantitative estimate of drug-likeness (QED) is 0.906. The molecule has 6 heteroatoms. The number of carbonyl (C=O) groups excluding carboxylic acids is 1. The minimum Gasteiger partial charge on any atom is -0.389 e. The number of likely N-dealkylation sites (tertiary alicyclic amines) is 1.